The average molecular weight is 368 g/mol. The normalized spacial score (nSPS) is 11.4. The van der Waals surface area contributed by atoms with Crippen molar-refractivity contribution in [2.24, 2.45) is 4.99 Å². The molecule has 0 bridgehead atoms. The number of nitrogens with zero attached hydrogens (tertiary/aromatic N) is 1. The summed E-state index contributed by atoms with van der Waals surface area (Å²) in [5, 5.41) is 6.02. The number of anilines is 1. The lowest BCUT2D eigenvalue weighted by atomic mass is 9.87. The first-order chi connectivity index (χ1) is 12.2. The van der Waals surface area contributed by atoms with E-state index in [2.05, 4.69) is 36.4 Å². The van der Waals surface area contributed by atoms with Crippen molar-refractivity contribution in [2.45, 2.75) is 40.0 Å². The number of hydrogen-bond acceptors (Lipinski definition) is 3. The van der Waals surface area contributed by atoms with E-state index in [0.29, 0.717) is 5.56 Å². The molecule has 0 saturated carbocycles. The van der Waals surface area contributed by atoms with Gasteiger partial charge in [-0.15, -0.1) is 0 Å². The van der Waals surface area contributed by atoms with Crippen LogP contribution in [-0.2, 0) is 5.41 Å². The van der Waals surface area contributed by atoms with Crippen molar-refractivity contribution >= 4 is 40.8 Å². The highest BCUT2D eigenvalue weighted by atomic mass is 32.1. The lowest BCUT2D eigenvalue weighted by molar-refractivity contribution is 0.0977. The monoisotopic (exact) mass is 367 g/mol. The lowest BCUT2D eigenvalue weighted by Crippen LogP contribution is -2.34. The van der Waals surface area contributed by atoms with E-state index in [1.807, 2.05) is 56.3 Å². The van der Waals surface area contributed by atoms with E-state index in [0.717, 1.165) is 16.9 Å². The highest BCUT2D eigenvalue weighted by Gasteiger charge is 2.15. The Bertz CT molecular complexity index is 833. The van der Waals surface area contributed by atoms with Gasteiger partial charge in [0.05, 0.1) is 11.4 Å². The van der Waals surface area contributed by atoms with Crippen LogP contribution in [0.4, 0.5) is 11.4 Å². The molecule has 4 nitrogen and oxygen atoms in total. The molecule has 0 saturated heterocycles. The van der Waals surface area contributed by atoms with Gasteiger partial charge < -0.3 is 5.32 Å². The van der Waals surface area contributed by atoms with Gasteiger partial charge in [0.1, 0.15) is 0 Å². The maximum atomic E-state index is 12.4. The zero-order valence-electron chi connectivity index (χ0n) is 15.9. The van der Waals surface area contributed by atoms with Gasteiger partial charge in [-0.3, -0.25) is 15.1 Å². The third kappa shape index (κ3) is 4.99. The molecular formula is C21H25N3OS. The van der Waals surface area contributed by atoms with Gasteiger partial charge in [-0.05, 0) is 60.8 Å². The molecule has 2 aromatic carbocycles. The molecule has 5 heteroatoms. The summed E-state index contributed by atoms with van der Waals surface area (Å²) >= 11 is 5.29. The number of thiocarbonyl (C=S) groups is 1. The third-order valence-corrected chi connectivity index (χ3v) is 4.19. The second kappa shape index (κ2) is 8.23. The van der Waals surface area contributed by atoms with Crippen LogP contribution in [0, 0.1) is 6.92 Å². The molecule has 0 fully saturated rings. The molecule has 0 radical (unpaired) electrons. The maximum absolute atomic E-state index is 12.4. The van der Waals surface area contributed by atoms with Gasteiger partial charge in [0.25, 0.3) is 5.91 Å². The Hall–Kier alpha value is -2.53. The molecule has 2 aromatic rings. The number of rotatable bonds is 3. The smallest absolute Gasteiger partial charge is 0.257 e. The van der Waals surface area contributed by atoms with Crippen molar-refractivity contribution in [3.63, 3.8) is 0 Å². The summed E-state index contributed by atoms with van der Waals surface area (Å²) in [6.45, 7) is 10.3. The predicted molar refractivity (Wildman–Crippen MR) is 114 cm³/mol. The minimum absolute atomic E-state index is 0.0488. The van der Waals surface area contributed by atoms with Crippen LogP contribution in [-0.4, -0.2) is 17.2 Å². The first kappa shape index (κ1) is 19.8. The van der Waals surface area contributed by atoms with Crippen LogP contribution in [0.2, 0.25) is 0 Å². The fraction of sp³-hybridized carbons (Fsp3) is 0.286. The van der Waals surface area contributed by atoms with Crippen molar-refractivity contribution in [1.29, 1.82) is 0 Å². The van der Waals surface area contributed by atoms with Gasteiger partial charge in [0, 0.05) is 11.8 Å². The Morgan fingerprint density at radius 1 is 1.12 bits per heavy atom. The summed E-state index contributed by atoms with van der Waals surface area (Å²) in [5.74, 6) is -0.240. The molecule has 0 heterocycles. The molecule has 0 aromatic heterocycles. The van der Waals surface area contributed by atoms with Crippen molar-refractivity contribution in [2.75, 3.05) is 5.32 Å². The van der Waals surface area contributed by atoms with Gasteiger partial charge in [0.15, 0.2) is 5.11 Å². The van der Waals surface area contributed by atoms with Gasteiger partial charge >= 0.3 is 0 Å². The number of para-hydroxylation sites is 1. The summed E-state index contributed by atoms with van der Waals surface area (Å²) < 4.78 is 0. The molecule has 0 spiro atoms. The fourth-order valence-electron chi connectivity index (χ4n) is 2.51. The van der Waals surface area contributed by atoms with E-state index in [1.165, 1.54) is 5.56 Å². The first-order valence-corrected chi connectivity index (χ1v) is 8.94. The van der Waals surface area contributed by atoms with Crippen LogP contribution in [0.5, 0.6) is 0 Å². The fourth-order valence-corrected chi connectivity index (χ4v) is 2.71. The number of carbonyl (C=O) groups excluding carboxylic acids is 1. The number of amides is 1. The van der Waals surface area contributed by atoms with Crippen molar-refractivity contribution in [3.05, 3.63) is 59.2 Å². The Labute approximate surface area is 160 Å². The zero-order valence-corrected chi connectivity index (χ0v) is 16.7. The van der Waals surface area contributed by atoms with Gasteiger partial charge in [0.2, 0.25) is 0 Å². The highest BCUT2D eigenvalue weighted by Crippen LogP contribution is 2.28. The zero-order chi connectivity index (χ0) is 19.3. The number of hydrogen-bond donors (Lipinski definition) is 2. The van der Waals surface area contributed by atoms with E-state index in [1.54, 1.807) is 6.21 Å². The van der Waals surface area contributed by atoms with Crippen molar-refractivity contribution in [3.8, 4) is 0 Å². The molecule has 136 valence electrons. The highest BCUT2D eigenvalue weighted by molar-refractivity contribution is 7.80. The van der Waals surface area contributed by atoms with Gasteiger partial charge in [-0.2, -0.15) is 0 Å². The summed E-state index contributed by atoms with van der Waals surface area (Å²) in [5.41, 5.74) is 4.39. The van der Waals surface area contributed by atoms with Crippen LogP contribution >= 0.6 is 12.2 Å². The van der Waals surface area contributed by atoms with Crippen molar-refractivity contribution < 1.29 is 4.79 Å². The van der Waals surface area contributed by atoms with E-state index in [9.17, 15) is 4.79 Å². The first-order valence-electron chi connectivity index (χ1n) is 8.53. The molecule has 2 N–H and O–H groups in total. The average Bonchev–Trinajstić information content (AvgIpc) is 2.57. The Morgan fingerprint density at radius 2 is 1.77 bits per heavy atom. The van der Waals surface area contributed by atoms with Crippen molar-refractivity contribution in [1.82, 2.24) is 5.32 Å². The van der Waals surface area contributed by atoms with Crippen LogP contribution in [0.3, 0.4) is 0 Å². The Balaban J connectivity index is 2.09. The van der Waals surface area contributed by atoms with Crippen LogP contribution < -0.4 is 10.6 Å². The second-order valence-electron chi connectivity index (χ2n) is 7.09. The largest absolute Gasteiger partial charge is 0.331 e. The van der Waals surface area contributed by atoms with E-state index < -0.39 is 0 Å². The summed E-state index contributed by atoms with van der Waals surface area (Å²) in [6.07, 6.45) is 1.73. The third-order valence-electron chi connectivity index (χ3n) is 3.98. The van der Waals surface area contributed by atoms with E-state index >= 15 is 0 Å². The summed E-state index contributed by atoms with van der Waals surface area (Å²) in [6, 6.07) is 13.4. The molecule has 0 atom stereocenters. The summed E-state index contributed by atoms with van der Waals surface area (Å²) in [4.78, 5) is 16.8. The topological polar surface area (TPSA) is 53.5 Å². The van der Waals surface area contributed by atoms with E-state index in [-0.39, 0.29) is 16.4 Å². The lowest BCUT2D eigenvalue weighted by Gasteiger charge is -2.19. The van der Waals surface area contributed by atoms with Crippen LogP contribution in [0.1, 0.15) is 49.2 Å². The SMILES string of the molecule is CC=Nc1c(C)cccc1NC(=S)NC(=O)c1ccc(C(C)(C)C)cc1. The number of carbonyl (C=O) groups is 1. The molecular weight excluding hydrogens is 342 g/mol. The Kier molecular flexibility index (Phi) is 6.27. The molecule has 1 amide bonds. The summed E-state index contributed by atoms with van der Waals surface area (Å²) in [7, 11) is 0. The van der Waals surface area contributed by atoms with E-state index in [4.69, 9.17) is 12.2 Å². The van der Waals surface area contributed by atoms with Crippen LogP contribution in [0.25, 0.3) is 0 Å². The number of nitrogens with one attached hydrogen (secondary N) is 2. The molecule has 0 unspecified atom stereocenters. The quantitative estimate of drug-likeness (QED) is 0.583. The minimum atomic E-state index is -0.240. The number of aryl methyl sites for hydroxylation is 1. The molecule has 0 aliphatic rings. The minimum Gasteiger partial charge on any atom is -0.331 e. The molecule has 0 aliphatic heterocycles. The number of benzene rings is 2. The van der Waals surface area contributed by atoms with Gasteiger partial charge in [-0.25, -0.2) is 0 Å². The molecule has 0 aliphatic carbocycles. The van der Waals surface area contributed by atoms with Gasteiger partial charge in [-0.1, -0.05) is 45.0 Å². The second-order valence-corrected chi connectivity index (χ2v) is 7.50. The number of aliphatic imine (C=N–C) groups is 1. The molecule has 26 heavy (non-hydrogen) atoms. The standard InChI is InChI=1S/C21H25N3OS/c1-6-22-18-14(2)8-7-9-17(18)23-20(26)24-19(25)15-10-12-16(13-11-15)21(3,4)5/h6-13H,1-5H3,(H2,23,24,25,26). The Morgan fingerprint density at radius 3 is 2.35 bits per heavy atom. The predicted octanol–water partition coefficient (Wildman–Crippen LogP) is 5.14. The molecule has 2 rings (SSSR count). The maximum Gasteiger partial charge on any atom is 0.257 e. The van der Waals surface area contributed by atoms with Crippen LogP contribution in [0.15, 0.2) is 47.5 Å².